The first-order valence-electron chi connectivity index (χ1n) is 8.30. The molecule has 0 saturated heterocycles. The minimum Gasteiger partial charge on any atom is -0.497 e. The van der Waals surface area contributed by atoms with Crippen LogP contribution in [0.5, 0.6) is 5.75 Å². The number of carbonyl (C=O) groups excluding carboxylic acids is 1. The summed E-state index contributed by atoms with van der Waals surface area (Å²) in [5, 5.41) is 6.27. The van der Waals surface area contributed by atoms with Gasteiger partial charge in [0.1, 0.15) is 23.1 Å². The number of rotatable bonds is 5. The Labute approximate surface area is 140 Å². The van der Waals surface area contributed by atoms with Crippen molar-refractivity contribution in [2.75, 3.05) is 19.0 Å². The molecule has 2 heterocycles. The van der Waals surface area contributed by atoms with Crippen LogP contribution in [-0.2, 0) is 13.0 Å². The summed E-state index contributed by atoms with van der Waals surface area (Å²) in [6.45, 7) is 1.29. The van der Waals surface area contributed by atoms with Crippen molar-refractivity contribution in [3.63, 3.8) is 0 Å². The minimum atomic E-state index is -0.0898. The predicted molar refractivity (Wildman–Crippen MR) is 90.4 cm³/mol. The standard InChI is InChI=1S/C18H20N4O2/c1-24-13-6-2-11(3-7-13)10-20-17-14-8-9-19-18(23)15(14)21-16(22-17)12-4-5-12/h2-3,6-7,12H,4-5,8-10H2,1H3,(H,19,23)(H,20,21,22). The number of methoxy groups -OCH3 is 1. The number of fused-ring (bicyclic) bond motifs is 1. The Morgan fingerprint density at radius 1 is 1.25 bits per heavy atom. The van der Waals surface area contributed by atoms with Crippen LogP contribution in [0.25, 0.3) is 0 Å². The number of anilines is 1. The molecule has 1 amide bonds. The fraction of sp³-hybridized carbons (Fsp3) is 0.389. The lowest BCUT2D eigenvalue weighted by Gasteiger charge is -2.20. The van der Waals surface area contributed by atoms with Gasteiger partial charge in [0.2, 0.25) is 0 Å². The summed E-state index contributed by atoms with van der Waals surface area (Å²) in [7, 11) is 1.66. The topological polar surface area (TPSA) is 76.1 Å². The van der Waals surface area contributed by atoms with Crippen molar-refractivity contribution in [1.82, 2.24) is 15.3 Å². The van der Waals surface area contributed by atoms with Gasteiger partial charge in [0, 0.05) is 24.6 Å². The molecule has 0 spiro atoms. The Hall–Kier alpha value is -2.63. The molecule has 124 valence electrons. The molecule has 2 N–H and O–H groups in total. The summed E-state index contributed by atoms with van der Waals surface area (Å²) < 4.78 is 5.18. The molecular weight excluding hydrogens is 304 g/mol. The smallest absolute Gasteiger partial charge is 0.270 e. The molecular formula is C18H20N4O2. The van der Waals surface area contributed by atoms with Gasteiger partial charge in [-0.2, -0.15) is 0 Å². The first-order valence-corrected chi connectivity index (χ1v) is 8.30. The highest BCUT2D eigenvalue weighted by molar-refractivity contribution is 5.96. The third-order valence-corrected chi connectivity index (χ3v) is 4.46. The van der Waals surface area contributed by atoms with E-state index >= 15 is 0 Å². The summed E-state index contributed by atoms with van der Waals surface area (Å²) in [5.74, 6) is 2.75. The Morgan fingerprint density at radius 2 is 2.04 bits per heavy atom. The minimum absolute atomic E-state index is 0.0898. The number of hydrogen-bond acceptors (Lipinski definition) is 5. The molecule has 24 heavy (non-hydrogen) atoms. The first-order chi connectivity index (χ1) is 11.7. The zero-order valence-corrected chi connectivity index (χ0v) is 13.6. The van der Waals surface area contributed by atoms with Gasteiger partial charge in [0.25, 0.3) is 5.91 Å². The van der Waals surface area contributed by atoms with Crippen molar-refractivity contribution in [3.05, 3.63) is 46.9 Å². The molecule has 1 aliphatic carbocycles. The normalized spacial score (nSPS) is 16.3. The molecule has 0 bridgehead atoms. The van der Waals surface area contributed by atoms with Gasteiger partial charge in [-0.25, -0.2) is 9.97 Å². The second-order valence-corrected chi connectivity index (χ2v) is 6.24. The number of ether oxygens (including phenoxy) is 1. The second-order valence-electron chi connectivity index (χ2n) is 6.24. The third kappa shape index (κ3) is 2.91. The lowest BCUT2D eigenvalue weighted by Crippen LogP contribution is -2.34. The summed E-state index contributed by atoms with van der Waals surface area (Å²) >= 11 is 0. The van der Waals surface area contributed by atoms with Gasteiger partial charge in [0.05, 0.1) is 7.11 Å². The van der Waals surface area contributed by atoms with Gasteiger partial charge in [-0.3, -0.25) is 4.79 Å². The molecule has 1 saturated carbocycles. The van der Waals surface area contributed by atoms with E-state index in [9.17, 15) is 4.79 Å². The Balaban J connectivity index is 1.60. The largest absolute Gasteiger partial charge is 0.497 e. The van der Waals surface area contributed by atoms with E-state index in [1.807, 2.05) is 24.3 Å². The van der Waals surface area contributed by atoms with E-state index < -0.39 is 0 Å². The van der Waals surface area contributed by atoms with Crippen LogP contribution in [0.2, 0.25) is 0 Å². The highest BCUT2D eigenvalue weighted by Gasteiger charge is 2.31. The van der Waals surface area contributed by atoms with Crippen molar-refractivity contribution >= 4 is 11.7 Å². The molecule has 0 radical (unpaired) electrons. The van der Waals surface area contributed by atoms with E-state index in [1.165, 1.54) is 0 Å². The molecule has 2 aliphatic rings. The molecule has 2 aromatic rings. The maximum absolute atomic E-state index is 12.1. The molecule has 1 aromatic heterocycles. The van der Waals surface area contributed by atoms with Crippen molar-refractivity contribution in [1.29, 1.82) is 0 Å². The van der Waals surface area contributed by atoms with Gasteiger partial charge >= 0.3 is 0 Å². The number of nitrogens with zero attached hydrogens (tertiary/aromatic N) is 2. The predicted octanol–water partition coefficient (Wildman–Crippen LogP) is 2.26. The van der Waals surface area contributed by atoms with Crippen molar-refractivity contribution < 1.29 is 9.53 Å². The summed E-state index contributed by atoms with van der Waals surface area (Å²) in [4.78, 5) is 21.4. The SMILES string of the molecule is COc1ccc(CNc2nc(C3CC3)nc3c2CCNC3=O)cc1. The molecule has 0 unspecified atom stereocenters. The fourth-order valence-electron chi connectivity index (χ4n) is 2.91. The van der Waals surface area contributed by atoms with Crippen molar-refractivity contribution in [3.8, 4) is 5.75 Å². The van der Waals surface area contributed by atoms with Gasteiger partial charge in [-0.15, -0.1) is 0 Å². The van der Waals surface area contributed by atoms with E-state index in [-0.39, 0.29) is 5.91 Å². The van der Waals surface area contributed by atoms with Crippen LogP contribution in [-0.4, -0.2) is 29.5 Å². The van der Waals surface area contributed by atoms with Crippen LogP contribution in [0.1, 0.15) is 46.2 Å². The lowest BCUT2D eigenvalue weighted by atomic mass is 10.1. The zero-order valence-electron chi connectivity index (χ0n) is 13.6. The summed E-state index contributed by atoms with van der Waals surface area (Å²) in [6.07, 6.45) is 2.98. The molecule has 0 atom stereocenters. The van der Waals surface area contributed by atoms with E-state index in [0.717, 1.165) is 47.8 Å². The Kier molecular flexibility index (Phi) is 3.80. The number of nitrogens with one attached hydrogen (secondary N) is 2. The van der Waals surface area contributed by atoms with Gasteiger partial charge in [-0.05, 0) is 37.0 Å². The van der Waals surface area contributed by atoms with Crippen LogP contribution in [0.15, 0.2) is 24.3 Å². The average molecular weight is 324 g/mol. The molecule has 4 rings (SSSR count). The van der Waals surface area contributed by atoms with E-state index in [4.69, 9.17) is 9.72 Å². The quantitative estimate of drug-likeness (QED) is 0.882. The zero-order chi connectivity index (χ0) is 16.5. The van der Waals surface area contributed by atoms with Crippen LogP contribution in [0.3, 0.4) is 0 Å². The second kappa shape index (κ2) is 6.11. The maximum atomic E-state index is 12.1. The van der Waals surface area contributed by atoms with Crippen LogP contribution >= 0.6 is 0 Å². The van der Waals surface area contributed by atoms with Gasteiger partial charge in [0.15, 0.2) is 0 Å². The van der Waals surface area contributed by atoms with Crippen LogP contribution < -0.4 is 15.4 Å². The number of carbonyl (C=O) groups is 1. The molecule has 1 aromatic carbocycles. The van der Waals surface area contributed by atoms with Crippen molar-refractivity contribution in [2.24, 2.45) is 0 Å². The molecule has 1 fully saturated rings. The van der Waals surface area contributed by atoms with Crippen LogP contribution in [0, 0.1) is 0 Å². The van der Waals surface area contributed by atoms with E-state index in [2.05, 4.69) is 15.6 Å². The Morgan fingerprint density at radius 3 is 2.75 bits per heavy atom. The summed E-state index contributed by atoms with van der Waals surface area (Å²) in [5.41, 5.74) is 2.60. The molecule has 6 heteroatoms. The number of aromatic nitrogens is 2. The average Bonchev–Trinajstić information content (AvgIpc) is 3.46. The molecule has 6 nitrogen and oxygen atoms in total. The molecule has 1 aliphatic heterocycles. The number of amides is 1. The third-order valence-electron chi connectivity index (χ3n) is 4.46. The monoisotopic (exact) mass is 324 g/mol. The maximum Gasteiger partial charge on any atom is 0.270 e. The highest BCUT2D eigenvalue weighted by Crippen LogP contribution is 2.39. The van der Waals surface area contributed by atoms with Crippen LogP contribution in [0.4, 0.5) is 5.82 Å². The lowest BCUT2D eigenvalue weighted by molar-refractivity contribution is 0.0940. The highest BCUT2D eigenvalue weighted by atomic mass is 16.5. The van der Waals surface area contributed by atoms with E-state index in [0.29, 0.717) is 24.7 Å². The van der Waals surface area contributed by atoms with E-state index in [1.54, 1.807) is 7.11 Å². The fourth-order valence-corrected chi connectivity index (χ4v) is 2.91. The first kappa shape index (κ1) is 14.9. The Bertz CT molecular complexity index is 769. The number of benzene rings is 1. The number of hydrogen-bond donors (Lipinski definition) is 2. The summed E-state index contributed by atoms with van der Waals surface area (Å²) in [6, 6.07) is 7.92. The van der Waals surface area contributed by atoms with Crippen molar-refractivity contribution in [2.45, 2.75) is 31.7 Å². The van der Waals surface area contributed by atoms with Gasteiger partial charge < -0.3 is 15.4 Å². The van der Waals surface area contributed by atoms with Gasteiger partial charge in [-0.1, -0.05) is 12.1 Å².